The smallest absolute Gasteiger partial charge is 0.225 e. The number of halogens is 2. The highest BCUT2D eigenvalue weighted by molar-refractivity contribution is 5.89. The van der Waals surface area contributed by atoms with Crippen LogP contribution in [0.1, 0.15) is 12.0 Å². The van der Waals surface area contributed by atoms with Crippen LogP contribution in [0.15, 0.2) is 24.3 Å². The predicted molar refractivity (Wildman–Crippen MR) is 105 cm³/mol. The molecule has 0 saturated carbocycles. The summed E-state index contributed by atoms with van der Waals surface area (Å²) in [5, 5.41) is 2.93. The van der Waals surface area contributed by atoms with Gasteiger partial charge in [-0.05, 0) is 38.2 Å². The van der Waals surface area contributed by atoms with Crippen molar-refractivity contribution in [3.8, 4) is 0 Å². The van der Waals surface area contributed by atoms with Crippen LogP contribution in [0.2, 0.25) is 0 Å². The molecule has 142 valence electrons. The number of nitrogens with zero attached hydrogens (tertiary/aromatic N) is 2. The third-order valence-corrected chi connectivity index (χ3v) is 4.10. The van der Waals surface area contributed by atoms with E-state index in [1.165, 1.54) is 0 Å². The van der Waals surface area contributed by atoms with E-state index in [0.29, 0.717) is 26.1 Å². The minimum absolute atomic E-state index is 0. The number of hydrogen-bond acceptors (Lipinski definition) is 4. The Morgan fingerprint density at radius 3 is 2.52 bits per heavy atom. The fourth-order valence-corrected chi connectivity index (χ4v) is 2.64. The van der Waals surface area contributed by atoms with Gasteiger partial charge in [0.25, 0.3) is 0 Å². The van der Waals surface area contributed by atoms with Gasteiger partial charge in [-0.15, -0.1) is 24.8 Å². The summed E-state index contributed by atoms with van der Waals surface area (Å²) in [6, 6.07) is 7.64. The van der Waals surface area contributed by atoms with Crippen molar-refractivity contribution in [2.75, 3.05) is 46.0 Å². The van der Waals surface area contributed by atoms with E-state index < -0.39 is 0 Å². The van der Waals surface area contributed by atoms with Crippen LogP contribution < -0.4 is 11.1 Å². The van der Waals surface area contributed by atoms with Crippen molar-refractivity contribution >= 4 is 42.3 Å². The standard InChI is InChI=1S/C17H26N4O2.2ClH/c1-20(2)9-10-21-12-14(11-16(21)22)17(23)19-8-7-13-3-5-15(18)6-4-13;;/h3-6,14H,7-12,18H2,1-2H3,(H,19,23);2*1H. The summed E-state index contributed by atoms with van der Waals surface area (Å²) in [6.07, 6.45) is 1.08. The molecule has 0 spiro atoms. The van der Waals surface area contributed by atoms with E-state index >= 15 is 0 Å². The molecule has 1 aliphatic heterocycles. The summed E-state index contributed by atoms with van der Waals surface area (Å²) in [6.45, 7) is 2.60. The maximum absolute atomic E-state index is 12.2. The maximum atomic E-state index is 12.2. The number of likely N-dealkylation sites (tertiary alicyclic amines) is 1. The van der Waals surface area contributed by atoms with E-state index in [1.807, 2.05) is 43.3 Å². The first-order chi connectivity index (χ1) is 11.0. The number of anilines is 1. The van der Waals surface area contributed by atoms with Crippen LogP contribution >= 0.6 is 24.8 Å². The van der Waals surface area contributed by atoms with Crippen molar-refractivity contribution < 1.29 is 9.59 Å². The van der Waals surface area contributed by atoms with Crippen LogP contribution in [0.25, 0.3) is 0 Å². The molecular formula is C17H28Cl2N4O2. The molecule has 1 aliphatic rings. The van der Waals surface area contributed by atoms with Crippen molar-refractivity contribution in [3.05, 3.63) is 29.8 Å². The third-order valence-electron chi connectivity index (χ3n) is 4.10. The molecule has 1 heterocycles. The zero-order valence-electron chi connectivity index (χ0n) is 14.7. The molecule has 2 rings (SSSR count). The topological polar surface area (TPSA) is 78.7 Å². The molecular weight excluding hydrogens is 363 g/mol. The second kappa shape index (κ2) is 11.2. The third kappa shape index (κ3) is 7.50. The summed E-state index contributed by atoms with van der Waals surface area (Å²) in [5.41, 5.74) is 7.52. The molecule has 1 unspecified atom stereocenters. The molecule has 25 heavy (non-hydrogen) atoms. The molecule has 1 saturated heterocycles. The number of likely N-dealkylation sites (N-methyl/N-ethyl adjacent to an activating group) is 1. The van der Waals surface area contributed by atoms with E-state index in [-0.39, 0.29) is 42.5 Å². The lowest BCUT2D eigenvalue weighted by Gasteiger charge is -2.19. The average Bonchev–Trinajstić information content (AvgIpc) is 2.88. The van der Waals surface area contributed by atoms with Crippen LogP contribution in [0.3, 0.4) is 0 Å². The van der Waals surface area contributed by atoms with E-state index in [4.69, 9.17) is 5.73 Å². The average molecular weight is 391 g/mol. The molecule has 0 aliphatic carbocycles. The summed E-state index contributed by atoms with van der Waals surface area (Å²) in [7, 11) is 3.95. The summed E-state index contributed by atoms with van der Waals surface area (Å²) < 4.78 is 0. The first-order valence-corrected chi connectivity index (χ1v) is 8.00. The highest BCUT2D eigenvalue weighted by atomic mass is 35.5. The van der Waals surface area contributed by atoms with E-state index in [2.05, 4.69) is 5.32 Å². The summed E-state index contributed by atoms with van der Waals surface area (Å²) >= 11 is 0. The minimum atomic E-state index is -0.226. The molecule has 1 aromatic rings. The number of nitrogen functional groups attached to an aromatic ring is 1. The van der Waals surface area contributed by atoms with E-state index in [1.54, 1.807) is 4.90 Å². The van der Waals surface area contributed by atoms with Crippen molar-refractivity contribution in [3.63, 3.8) is 0 Å². The number of carbonyl (C=O) groups is 2. The van der Waals surface area contributed by atoms with Crippen LogP contribution in [-0.4, -0.2) is 61.9 Å². The lowest BCUT2D eigenvalue weighted by atomic mass is 10.1. The van der Waals surface area contributed by atoms with Gasteiger partial charge >= 0.3 is 0 Å². The highest BCUT2D eigenvalue weighted by Crippen LogP contribution is 2.17. The van der Waals surface area contributed by atoms with E-state index in [9.17, 15) is 9.59 Å². The van der Waals surface area contributed by atoms with Gasteiger partial charge in [0, 0.05) is 38.3 Å². The Labute approximate surface area is 161 Å². The molecule has 1 fully saturated rings. The van der Waals surface area contributed by atoms with Gasteiger partial charge in [0.1, 0.15) is 0 Å². The van der Waals surface area contributed by atoms with Gasteiger partial charge in [0.2, 0.25) is 11.8 Å². The first-order valence-electron chi connectivity index (χ1n) is 8.00. The van der Waals surface area contributed by atoms with E-state index in [0.717, 1.165) is 24.2 Å². The van der Waals surface area contributed by atoms with Gasteiger partial charge < -0.3 is 20.9 Å². The van der Waals surface area contributed by atoms with Gasteiger partial charge in [-0.2, -0.15) is 0 Å². The Morgan fingerprint density at radius 2 is 1.92 bits per heavy atom. The zero-order chi connectivity index (χ0) is 16.8. The van der Waals surface area contributed by atoms with Crippen molar-refractivity contribution in [2.24, 2.45) is 5.92 Å². The van der Waals surface area contributed by atoms with Gasteiger partial charge in [-0.1, -0.05) is 12.1 Å². The maximum Gasteiger partial charge on any atom is 0.225 e. The van der Waals surface area contributed by atoms with Gasteiger partial charge in [0.15, 0.2) is 0 Å². The Kier molecular flexibility index (Phi) is 10.5. The van der Waals surface area contributed by atoms with Crippen LogP contribution in [0.5, 0.6) is 0 Å². The molecule has 1 aromatic carbocycles. The predicted octanol–water partition coefficient (Wildman–Crippen LogP) is 1.18. The summed E-state index contributed by atoms with van der Waals surface area (Å²) in [5.74, 6) is -0.178. The number of nitrogens with one attached hydrogen (secondary N) is 1. The first kappa shape index (κ1) is 23.5. The number of amides is 2. The molecule has 3 N–H and O–H groups in total. The zero-order valence-corrected chi connectivity index (χ0v) is 16.4. The second-order valence-corrected chi connectivity index (χ2v) is 6.33. The summed E-state index contributed by atoms with van der Waals surface area (Å²) in [4.78, 5) is 28.0. The van der Waals surface area contributed by atoms with Crippen LogP contribution in [0.4, 0.5) is 5.69 Å². The lowest BCUT2D eigenvalue weighted by Crippen LogP contribution is -2.36. The Balaban J connectivity index is 0.00000288. The Morgan fingerprint density at radius 1 is 1.28 bits per heavy atom. The molecule has 8 heteroatoms. The normalized spacial score (nSPS) is 16.4. The van der Waals surface area contributed by atoms with Crippen LogP contribution in [0, 0.1) is 5.92 Å². The number of nitrogens with two attached hydrogens (primary N) is 1. The SMILES string of the molecule is CN(C)CCN1CC(C(=O)NCCc2ccc(N)cc2)CC1=O.Cl.Cl. The van der Waals surface area contributed by atoms with Gasteiger partial charge in [0.05, 0.1) is 5.92 Å². The monoisotopic (exact) mass is 390 g/mol. The van der Waals surface area contributed by atoms with Crippen molar-refractivity contribution in [1.29, 1.82) is 0 Å². The van der Waals surface area contributed by atoms with Crippen molar-refractivity contribution in [1.82, 2.24) is 15.1 Å². The minimum Gasteiger partial charge on any atom is -0.399 e. The molecule has 0 radical (unpaired) electrons. The van der Waals surface area contributed by atoms with Gasteiger partial charge in [-0.3, -0.25) is 9.59 Å². The van der Waals surface area contributed by atoms with Crippen molar-refractivity contribution in [2.45, 2.75) is 12.8 Å². The molecule has 1 atom stereocenters. The number of benzene rings is 1. The number of carbonyl (C=O) groups excluding carboxylic acids is 2. The van der Waals surface area contributed by atoms with Gasteiger partial charge in [-0.25, -0.2) is 0 Å². The van der Waals surface area contributed by atoms with Crippen LogP contribution in [-0.2, 0) is 16.0 Å². The number of hydrogen-bond donors (Lipinski definition) is 2. The fourth-order valence-electron chi connectivity index (χ4n) is 2.64. The Bertz CT molecular complexity index is 552. The quantitative estimate of drug-likeness (QED) is 0.685. The Hall–Kier alpha value is -1.50. The molecule has 2 amide bonds. The highest BCUT2D eigenvalue weighted by Gasteiger charge is 2.33. The fraction of sp³-hybridized carbons (Fsp3) is 0.529. The number of rotatable bonds is 7. The largest absolute Gasteiger partial charge is 0.399 e. The second-order valence-electron chi connectivity index (χ2n) is 6.33. The molecule has 6 nitrogen and oxygen atoms in total. The lowest BCUT2D eigenvalue weighted by molar-refractivity contribution is -0.129. The molecule has 0 aromatic heterocycles. The molecule has 0 bridgehead atoms.